The molecule has 21 heavy (non-hydrogen) atoms. The second-order valence-corrected chi connectivity index (χ2v) is 4.89. The molecule has 2 rings (SSSR count). The lowest BCUT2D eigenvalue weighted by molar-refractivity contribution is -0.141. The zero-order valence-corrected chi connectivity index (χ0v) is 12.4. The highest BCUT2D eigenvalue weighted by Crippen LogP contribution is 2.25. The second-order valence-electron chi connectivity index (χ2n) is 4.48. The lowest BCUT2D eigenvalue weighted by atomic mass is 10.1. The third kappa shape index (κ3) is 3.72. The Kier molecular flexibility index (Phi) is 4.80. The standard InChI is InChI=1S/C14H15ClFN3O2/c1-9(10-4-3-5-11(15)14(10)16)17-12-6-7-19(18-12)8-13(20)21-2/h3-7,9H,8H2,1-2H3,(H,17,18). The third-order valence-corrected chi connectivity index (χ3v) is 3.26. The average Bonchev–Trinajstić information content (AvgIpc) is 2.88. The molecular weight excluding hydrogens is 297 g/mol. The highest BCUT2D eigenvalue weighted by molar-refractivity contribution is 6.30. The molecule has 0 fully saturated rings. The van der Waals surface area contributed by atoms with Gasteiger partial charge in [-0.15, -0.1) is 0 Å². The van der Waals surface area contributed by atoms with Gasteiger partial charge in [0.1, 0.15) is 18.2 Å². The molecule has 1 unspecified atom stereocenters. The highest BCUT2D eigenvalue weighted by atomic mass is 35.5. The van der Waals surface area contributed by atoms with Crippen molar-refractivity contribution in [1.29, 1.82) is 0 Å². The van der Waals surface area contributed by atoms with E-state index in [1.165, 1.54) is 17.9 Å². The van der Waals surface area contributed by atoms with E-state index in [0.29, 0.717) is 11.4 Å². The van der Waals surface area contributed by atoms with E-state index in [2.05, 4.69) is 15.2 Å². The maximum absolute atomic E-state index is 13.9. The maximum atomic E-state index is 13.9. The zero-order chi connectivity index (χ0) is 15.4. The Bertz CT molecular complexity index is 645. The predicted molar refractivity (Wildman–Crippen MR) is 77.7 cm³/mol. The summed E-state index contributed by atoms with van der Waals surface area (Å²) in [4.78, 5) is 11.1. The number of esters is 1. The average molecular weight is 312 g/mol. The first-order valence-corrected chi connectivity index (χ1v) is 6.69. The van der Waals surface area contributed by atoms with Crippen molar-refractivity contribution in [3.63, 3.8) is 0 Å². The van der Waals surface area contributed by atoms with Gasteiger partial charge in [0.15, 0.2) is 0 Å². The van der Waals surface area contributed by atoms with E-state index in [0.717, 1.165) is 0 Å². The summed E-state index contributed by atoms with van der Waals surface area (Å²) in [5, 5.41) is 7.30. The predicted octanol–water partition coefficient (Wildman–Crippen LogP) is 3.02. The number of halogens is 2. The van der Waals surface area contributed by atoms with Gasteiger partial charge < -0.3 is 10.1 Å². The minimum Gasteiger partial charge on any atom is -0.468 e. The monoisotopic (exact) mass is 311 g/mol. The largest absolute Gasteiger partial charge is 0.468 e. The topological polar surface area (TPSA) is 56.1 Å². The lowest BCUT2D eigenvalue weighted by Crippen LogP contribution is -2.13. The quantitative estimate of drug-likeness (QED) is 0.862. The Balaban J connectivity index is 2.07. The number of nitrogens with one attached hydrogen (secondary N) is 1. The molecule has 0 aliphatic carbocycles. The smallest absolute Gasteiger partial charge is 0.327 e. The molecule has 1 aromatic carbocycles. The molecule has 5 nitrogen and oxygen atoms in total. The molecule has 2 aromatic rings. The SMILES string of the molecule is COC(=O)Cn1ccc(NC(C)c2cccc(Cl)c2F)n1. The van der Waals surface area contributed by atoms with E-state index in [9.17, 15) is 9.18 Å². The van der Waals surface area contributed by atoms with Crippen molar-refractivity contribution in [2.75, 3.05) is 12.4 Å². The number of hydrogen-bond acceptors (Lipinski definition) is 4. The van der Waals surface area contributed by atoms with Crippen LogP contribution in [-0.4, -0.2) is 22.9 Å². The molecule has 0 bridgehead atoms. The number of carbonyl (C=O) groups excluding carboxylic acids is 1. The van der Waals surface area contributed by atoms with Crippen LogP contribution in [0.2, 0.25) is 5.02 Å². The number of carbonyl (C=O) groups is 1. The van der Waals surface area contributed by atoms with Crippen molar-refractivity contribution < 1.29 is 13.9 Å². The molecule has 1 aromatic heterocycles. The zero-order valence-electron chi connectivity index (χ0n) is 11.6. The Morgan fingerprint density at radius 3 is 3.00 bits per heavy atom. The first-order chi connectivity index (χ1) is 10.0. The van der Waals surface area contributed by atoms with E-state index >= 15 is 0 Å². The van der Waals surface area contributed by atoms with E-state index in [1.807, 2.05) is 0 Å². The van der Waals surface area contributed by atoms with Gasteiger partial charge in [0.05, 0.1) is 18.2 Å². The number of nitrogens with zero attached hydrogens (tertiary/aromatic N) is 2. The first kappa shape index (κ1) is 15.3. The number of aromatic nitrogens is 2. The molecule has 1 N–H and O–H groups in total. The Morgan fingerprint density at radius 2 is 2.29 bits per heavy atom. The summed E-state index contributed by atoms with van der Waals surface area (Å²) in [6, 6.07) is 6.23. The van der Waals surface area contributed by atoms with E-state index in [-0.39, 0.29) is 17.6 Å². The molecule has 0 saturated carbocycles. The van der Waals surface area contributed by atoms with Crippen LogP contribution < -0.4 is 5.32 Å². The van der Waals surface area contributed by atoms with Crippen molar-refractivity contribution >= 4 is 23.4 Å². The molecule has 0 saturated heterocycles. The fraction of sp³-hybridized carbons (Fsp3) is 0.286. The van der Waals surface area contributed by atoms with Crippen molar-refractivity contribution in [3.05, 3.63) is 46.9 Å². The van der Waals surface area contributed by atoms with Crippen molar-refractivity contribution in [3.8, 4) is 0 Å². The highest BCUT2D eigenvalue weighted by Gasteiger charge is 2.14. The number of hydrogen-bond donors (Lipinski definition) is 1. The van der Waals surface area contributed by atoms with Gasteiger partial charge in [-0.25, -0.2) is 4.39 Å². The fourth-order valence-electron chi connectivity index (χ4n) is 1.88. The van der Waals surface area contributed by atoms with Crippen LogP contribution in [0.1, 0.15) is 18.5 Å². The molecule has 1 heterocycles. The van der Waals surface area contributed by atoms with Crippen LogP contribution in [0.3, 0.4) is 0 Å². The van der Waals surface area contributed by atoms with Gasteiger partial charge in [0.2, 0.25) is 0 Å². The van der Waals surface area contributed by atoms with E-state index in [1.54, 1.807) is 31.3 Å². The fourth-order valence-corrected chi connectivity index (χ4v) is 2.06. The van der Waals surface area contributed by atoms with Gasteiger partial charge in [-0.1, -0.05) is 23.7 Å². The van der Waals surface area contributed by atoms with Crippen LogP contribution in [0.4, 0.5) is 10.2 Å². The van der Waals surface area contributed by atoms with Crippen LogP contribution >= 0.6 is 11.6 Å². The summed E-state index contributed by atoms with van der Waals surface area (Å²) in [6.45, 7) is 1.83. The van der Waals surface area contributed by atoms with Gasteiger partial charge in [-0.2, -0.15) is 5.10 Å². The number of rotatable bonds is 5. The number of anilines is 1. The van der Waals surface area contributed by atoms with E-state index in [4.69, 9.17) is 11.6 Å². The Hall–Kier alpha value is -2.08. The summed E-state index contributed by atoms with van der Waals surface area (Å²) < 4.78 is 19.9. The molecule has 0 amide bonds. The van der Waals surface area contributed by atoms with Gasteiger partial charge in [-0.05, 0) is 13.0 Å². The Labute approximate surface area is 126 Å². The minimum absolute atomic E-state index is 0.0259. The maximum Gasteiger partial charge on any atom is 0.327 e. The van der Waals surface area contributed by atoms with Crippen molar-refractivity contribution in [2.24, 2.45) is 0 Å². The van der Waals surface area contributed by atoms with Crippen molar-refractivity contribution in [1.82, 2.24) is 9.78 Å². The van der Waals surface area contributed by atoms with Gasteiger partial charge in [0.25, 0.3) is 0 Å². The molecule has 1 atom stereocenters. The summed E-state index contributed by atoms with van der Waals surface area (Å²) in [7, 11) is 1.31. The normalized spacial score (nSPS) is 12.0. The molecule has 0 radical (unpaired) electrons. The summed E-state index contributed by atoms with van der Waals surface area (Å²) >= 11 is 5.76. The second kappa shape index (κ2) is 6.58. The first-order valence-electron chi connectivity index (χ1n) is 6.32. The molecule has 112 valence electrons. The van der Waals surface area contributed by atoms with Crippen molar-refractivity contribution in [2.45, 2.75) is 19.5 Å². The van der Waals surface area contributed by atoms with Gasteiger partial charge in [-0.3, -0.25) is 9.48 Å². The lowest BCUT2D eigenvalue weighted by Gasteiger charge is -2.15. The Morgan fingerprint density at radius 1 is 1.52 bits per heavy atom. The summed E-state index contributed by atoms with van der Waals surface area (Å²) in [5.74, 6) is -0.308. The molecule has 0 spiro atoms. The minimum atomic E-state index is -0.451. The number of benzene rings is 1. The third-order valence-electron chi connectivity index (χ3n) is 2.97. The molecular formula is C14H15ClFN3O2. The molecule has 0 aliphatic heterocycles. The molecule has 0 aliphatic rings. The van der Waals surface area contributed by atoms with Gasteiger partial charge in [0, 0.05) is 17.8 Å². The van der Waals surface area contributed by atoms with Crippen LogP contribution in [0, 0.1) is 5.82 Å². The summed E-state index contributed by atoms with van der Waals surface area (Å²) in [6.07, 6.45) is 1.64. The van der Waals surface area contributed by atoms with Crippen LogP contribution in [0.15, 0.2) is 30.5 Å². The van der Waals surface area contributed by atoms with Crippen LogP contribution in [0.5, 0.6) is 0 Å². The summed E-state index contributed by atoms with van der Waals surface area (Å²) in [5.41, 5.74) is 0.449. The van der Waals surface area contributed by atoms with Gasteiger partial charge >= 0.3 is 5.97 Å². The molecule has 7 heteroatoms. The van der Waals surface area contributed by atoms with Crippen LogP contribution in [0.25, 0.3) is 0 Å². The number of ether oxygens (including phenoxy) is 1. The number of methoxy groups -OCH3 is 1. The van der Waals surface area contributed by atoms with Crippen LogP contribution in [-0.2, 0) is 16.1 Å². The van der Waals surface area contributed by atoms with E-state index < -0.39 is 11.8 Å².